The summed E-state index contributed by atoms with van der Waals surface area (Å²) in [6.07, 6.45) is 8.43. The van der Waals surface area contributed by atoms with Crippen molar-refractivity contribution in [2.45, 2.75) is 45.6 Å². The van der Waals surface area contributed by atoms with Crippen molar-refractivity contribution < 1.29 is 14.7 Å². The van der Waals surface area contributed by atoms with E-state index in [2.05, 4.69) is 50.3 Å². The van der Waals surface area contributed by atoms with Gasteiger partial charge in [-0.3, -0.25) is 10.0 Å². The molecule has 208 valence electrons. The van der Waals surface area contributed by atoms with E-state index in [0.717, 1.165) is 61.4 Å². The van der Waals surface area contributed by atoms with Crippen molar-refractivity contribution in [2.75, 3.05) is 43.1 Å². The van der Waals surface area contributed by atoms with Gasteiger partial charge in [-0.15, -0.1) is 0 Å². The molecular formula is C27H37N9O3. The van der Waals surface area contributed by atoms with Crippen molar-refractivity contribution in [2.24, 2.45) is 15.8 Å². The third-order valence-electron chi connectivity index (χ3n) is 6.87. The summed E-state index contributed by atoms with van der Waals surface area (Å²) in [7, 11) is 2.09. The van der Waals surface area contributed by atoms with Gasteiger partial charge in [0.1, 0.15) is 11.6 Å². The molecule has 1 saturated heterocycles. The van der Waals surface area contributed by atoms with Gasteiger partial charge in [0.15, 0.2) is 0 Å². The van der Waals surface area contributed by atoms with Crippen molar-refractivity contribution in [3.8, 4) is 5.75 Å². The molecule has 0 unspecified atom stereocenters. The number of amidine groups is 1. The van der Waals surface area contributed by atoms with Crippen molar-refractivity contribution >= 4 is 29.1 Å². The summed E-state index contributed by atoms with van der Waals surface area (Å²) in [4.78, 5) is 29.2. The van der Waals surface area contributed by atoms with Gasteiger partial charge in [0.05, 0.1) is 35.7 Å². The number of benzene rings is 1. The first-order chi connectivity index (χ1) is 18.9. The molecule has 0 atom stereocenters. The Bertz CT molecular complexity index is 1240. The number of amides is 1. The van der Waals surface area contributed by atoms with E-state index < -0.39 is 5.91 Å². The second-order valence-corrected chi connectivity index (χ2v) is 9.41. The first-order valence-electron chi connectivity index (χ1n) is 13.3. The van der Waals surface area contributed by atoms with E-state index in [0.29, 0.717) is 36.7 Å². The fourth-order valence-corrected chi connectivity index (χ4v) is 4.73. The number of nitrogens with two attached hydrogens (primary N) is 1. The number of anilines is 2. The number of carbonyl (C=O) groups is 1. The standard InChI is InChI=1S/C27H37N9O3/c1-4-6-23-22(9-12-31-33-23)32-25(28)21-15-20(7-8-24(21)39-5-2)35(3)19-10-13-36(14-11-19)27-29-16-18(17-30-27)26(37)34-38/h7-9,15-17,19,31,38H,4-6,10-14H2,1-3H3,(H2,28,32)(H,34,37). The average molecular weight is 536 g/mol. The van der Waals surface area contributed by atoms with Crippen LogP contribution in [0.25, 0.3) is 0 Å². The van der Waals surface area contributed by atoms with Crippen LogP contribution in [0.15, 0.2) is 52.5 Å². The molecule has 39 heavy (non-hydrogen) atoms. The zero-order chi connectivity index (χ0) is 27.8. The number of hydroxylamine groups is 1. The molecule has 12 heteroatoms. The van der Waals surface area contributed by atoms with Crippen molar-refractivity contribution in [1.82, 2.24) is 20.9 Å². The van der Waals surface area contributed by atoms with Gasteiger partial charge in [-0.1, -0.05) is 13.3 Å². The van der Waals surface area contributed by atoms with Crippen LogP contribution in [0, 0.1) is 0 Å². The molecule has 0 bridgehead atoms. The molecule has 1 aromatic carbocycles. The Balaban J connectivity index is 1.48. The van der Waals surface area contributed by atoms with Crippen LogP contribution in [-0.2, 0) is 0 Å². The lowest BCUT2D eigenvalue weighted by Gasteiger charge is -2.38. The molecule has 1 amide bonds. The Morgan fingerprint density at radius 1 is 1.28 bits per heavy atom. The highest BCUT2D eigenvalue weighted by Crippen LogP contribution is 2.29. The molecule has 2 aromatic rings. The number of nitrogens with zero attached hydrogens (tertiary/aromatic N) is 6. The minimum Gasteiger partial charge on any atom is -0.493 e. The number of hydrogen-bond acceptors (Lipinski definition) is 10. The van der Waals surface area contributed by atoms with Crippen LogP contribution < -0.4 is 31.2 Å². The van der Waals surface area contributed by atoms with E-state index in [1.165, 1.54) is 12.4 Å². The number of aliphatic imine (C=N–C) groups is 1. The van der Waals surface area contributed by atoms with E-state index in [1.807, 2.05) is 25.1 Å². The molecule has 5 N–H and O–H groups in total. The summed E-state index contributed by atoms with van der Waals surface area (Å²) >= 11 is 0. The summed E-state index contributed by atoms with van der Waals surface area (Å²) in [6, 6.07) is 6.36. The maximum atomic E-state index is 11.5. The first-order valence-corrected chi connectivity index (χ1v) is 13.3. The van der Waals surface area contributed by atoms with Gasteiger partial charge < -0.3 is 25.7 Å². The number of ether oxygens (including phenoxy) is 1. The highest BCUT2D eigenvalue weighted by molar-refractivity contribution is 6.07. The van der Waals surface area contributed by atoms with E-state index in [9.17, 15) is 4.79 Å². The van der Waals surface area contributed by atoms with Crippen LogP contribution in [-0.4, -0.2) is 72.0 Å². The van der Waals surface area contributed by atoms with E-state index in [4.69, 9.17) is 20.7 Å². The molecule has 12 nitrogen and oxygen atoms in total. The fourth-order valence-electron chi connectivity index (χ4n) is 4.73. The summed E-state index contributed by atoms with van der Waals surface area (Å²) in [5.74, 6) is 1.03. The van der Waals surface area contributed by atoms with Crippen LogP contribution >= 0.6 is 0 Å². The summed E-state index contributed by atoms with van der Waals surface area (Å²) < 4.78 is 5.89. The number of hydrazone groups is 1. The van der Waals surface area contributed by atoms with Crippen LogP contribution in [0.4, 0.5) is 11.6 Å². The van der Waals surface area contributed by atoms with E-state index >= 15 is 0 Å². The molecular weight excluding hydrogens is 498 g/mol. The summed E-state index contributed by atoms with van der Waals surface area (Å²) in [5, 5.41) is 13.2. The predicted octanol–water partition coefficient (Wildman–Crippen LogP) is 2.45. The highest BCUT2D eigenvalue weighted by atomic mass is 16.5. The number of nitrogens with one attached hydrogen (secondary N) is 2. The minimum atomic E-state index is -0.635. The quantitative estimate of drug-likeness (QED) is 0.155. The van der Waals surface area contributed by atoms with E-state index in [-0.39, 0.29) is 5.56 Å². The minimum absolute atomic E-state index is 0.204. The number of allylic oxidation sites excluding steroid dienone is 1. The zero-order valence-electron chi connectivity index (χ0n) is 22.7. The van der Waals surface area contributed by atoms with Gasteiger partial charge in [0.25, 0.3) is 5.91 Å². The second kappa shape index (κ2) is 13.1. The monoisotopic (exact) mass is 535 g/mol. The average Bonchev–Trinajstić information content (AvgIpc) is 2.98. The van der Waals surface area contributed by atoms with Crippen LogP contribution in [0.3, 0.4) is 0 Å². The lowest BCUT2D eigenvalue weighted by molar-refractivity contribution is 0.0705. The Kier molecular flexibility index (Phi) is 9.31. The SMILES string of the molecule is CCCC1=NNCC=C1N=C(N)c1cc(N(C)C2CCN(c3ncc(C(=O)NO)cn3)CC2)ccc1OCC. The van der Waals surface area contributed by atoms with E-state index in [1.54, 1.807) is 5.48 Å². The van der Waals surface area contributed by atoms with Gasteiger partial charge in [0, 0.05) is 44.3 Å². The maximum Gasteiger partial charge on any atom is 0.277 e. The highest BCUT2D eigenvalue weighted by Gasteiger charge is 2.25. The first kappa shape index (κ1) is 27.8. The number of carbonyl (C=O) groups excluding carboxylic acids is 1. The molecule has 1 fully saturated rings. The molecule has 1 aromatic heterocycles. The lowest BCUT2D eigenvalue weighted by Crippen LogP contribution is -2.44. The van der Waals surface area contributed by atoms with Gasteiger partial charge in [-0.25, -0.2) is 20.4 Å². The molecule has 2 aliphatic rings. The Morgan fingerprint density at radius 3 is 2.69 bits per heavy atom. The zero-order valence-corrected chi connectivity index (χ0v) is 22.7. The van der Waals surface area contributed by atoms with Gasteiger partial charge >= 0.3 is 0 Å². The van der Waals surface area contributed by atoms with Crippen molar-refractivity contribution in [3.63, 3.8) is 0 Å². The molecule has 0 aliphatic carbocycles. The lowest BCUT2D eigenvalue weighted by atomic mass is 10.0. The van der Waals surface area contributed by atoms with Crippen molar-refractivity contribution in [1.29, 1.82) is 0 Å². The van der Waals surface area contributed by atoms with Gasteiger partial charge in [0.2, 0.25) is 5.95 Å². The third kappa shape index (κ3) is 6.63. The van der Waals surface area contributed by atoms with Crippen molar-refractivity contribution in [3.05, 3.63) is 53.5 Å². The Labute approximate surface area is 228 Å². The molecule has 0 radical (unpaired) electrons. The molecule has 2 aliphatic heterocycles. The largest absolute Gasteiger partial charge is 0.493 e. The predicted molar refractivity (Wildman–Crippen MR) is 152 cm³/mol. The summed E-state index contributed by atoms with van der Waals surface area (Å²) in [5.41, 5.74) is 14.9. The topological polar surface area (TPSA) is 154 Å². The molecule has 4 rings (SSSR count). The summed E-state index contributed by atoms with van der Waals surface area (Å²) in [6.45, 7) is 6.75. The van der Waals surface area contributed by atoms with Crippen LogP contribution in [0.2, 0.25) is 0 Å². The maximum absolute atomic E-state index is 11.5. The molecule has 3 heterocycles. The van der Waals surface area contributed by atoms with Gasteiger partial charge in [-0.05, 0) is 50.5 Å². The molecule has 0 spiro atoms. The Morgan fingerprint density at radius 2 is 2.03 bits per heavy atom. The number of aromatic nitrogens is 2. The molecule has 0 saturated carbocycles. The van der Waals surface area contributed by atoms with Gasteiger partial charge in [-0.2, -0.15) is 5.10 Å². The number of rotatable bonds is 10. The smallest absolute Gasteiger partial charge is 0.277 e. The number of piperidine rings is 1. The number of hydrogen-bond donors (Lipinski definition) is 4. The fraction of sp³-hybridized carbons (Fsp3) is 0.444. The third-order valence-corrected chi connectivity index (χ3v) is 6.87. The second-order valence-electron chi connectivity index (χ2n) is 9.41. The normalized spacial score (nSPS) is 16.2. The Hall–Kier alpha value is -4.19. The van der Waals surface area contributed by atoms with Crippen LogP contribution in [0.1, 0.15) is 55.5 Å². The van der Waals surface area contributed by atoms with Crippen LogP contribution in [0.5, 0.6) is 5.75 Å².